The van der Waals surface area contributed by atoms with Crippen molar-refractivity contribution in [2.45, 2.75) is 38.8 Å². The van der Waals surface area contributed by atoms with Crippen molar-refractivity contribution in [3.05, 3.63) is 65.7 Å². The second-order valence-electron chi connectivity index (χ2n) is 5.20. The van der Waals surface area contributed by atoms with Crippen LogP contribution in [0, 0.1) is 0 Å². The number of ether oxygens (including phenoxy) is 1. The molecule has 2 atom stereocenters. The van der Waals surface area contributed by atoms with Gasteiger partial charge in [0, 0.05) is 6.04 Å². The van der Waals surface area contributed by atoms with Crippen LogP contribution in [0.3, 0.4) is 0 Å². The average molecular weight is 269 g/mol. The molecule has 2 aromatic carbocycles. The van der Waals surface area contributed by atoms with E-state index in [9.17, 15) is 0 Å². The molecule has 0 aliphatic carbocycles. The van der Waals surface area contributed by atoms with E-state index in [2.05, 4.69) is 31.2 Å². The van der Waals surface area contributed by atoms with Crippen LogP contribution in [-0.2, 0) is 6.42 Å². The van der Waals surface area contributed by atoms with Crippen LogP contribution in [0.2, 0.25) is 0 Å². The van der Waals surface area contributed by atoms with Gasteiger partial charge in [-0.25, -0.2) is 0 Å². The highest BCUT2D eigenvalue weighted by molar-refractivity contribution is 5.29. The van der Waals surface area contributed by atoms with Gasteiger partial charge in [0.25, 0.3) is 0 Å². The van der Waals surface area contributed by atoms with E-state index in [1.54, 1.807) is 0 Å². The summed E-state index contributed by atoms with van der Waals surface area (Å²) in [6, 6.07) is 18.4. The fourth-order valence-electron chi connectivity index (χ4n) is 2.29. The Bertz CT molecular complexity index is 505. The molecule has 0 heterocycles. The van der Waals surface area contributed by atoms with Crippen molar-refractivity contribution in [2.24, 2.45) is 5.73 Å². The molecule has 2 aromatic rings. The van der Waals surface area contributed by atoms with E-state index < -0.39 is 0 Å². The van der Waals surface area contributed by atoms with E-state index in [4.69, 9.17) is 10.5 Å². The van der Waals surface area contributed by atoms with Crippen molar-refractivity contribution in [2.75, 3.05) is 0 Å². The van der Waals surface area contributed by atoms with Crippen molar-refractivity contribution < 1.29 is 4.74 Å². The van der Waals surface area contributed by atoms with E-state index in [-0.39, 0.29) is 12.1 Å². The summed E-state index contributed by atoms with van der Waals surface area (Å²) in [5, 5.41) is 0. The van der Waals surface area contributed by atoms with Gasteiger partial charge in [-0.3, -0.25) is 0 Å². The van der Waals surface area contributed by atoms with Crippen molar-refractivity contribution in [1.29, 1.82) is 0 Å². The van der Waals surface area contributed by atoms with Crippen LogP contribution in [0.4, 0.5) is 0 Å². The maximum Gasteiger partial charge on any atom is 0.138 e. The Morgan fingerprint density at radius 1 is 1.00 bits per heavy atom. The number of rotatable bonds is 6. The fourth-order valence-corrected chi connectivity index (χ4v) is 2.29. The lowest BCUT2D eigenvalue weighted by Crippen LogP contribution is -2.29. The van der Waals surface area contributed by atoms with Crippen LogP contribution in [-0.4, -0.2) is 6.04 Å². The number of benzene rings is 2. The van der Waals surface area contributed by atoms with Gasteiger partial charge in [-0.05, 0) is 36.6 Å². The topological polar surface area (TPSA) is 35.2 Å². The van der Waals surface area contributed by atoms with Gasteiger partial charge in [0.1, 0.15) is 11.9 Å². The fraction of sp³-hybridized carbons (Fsp3) is 0.333. The van der Waals surface area contributed by atoms with Gasteiger partial charge in [0.15, 0.2) is 0 Å². The first kappa shape index (κ1) is 14.6. The zero-order chi connectivity index (χ0) is 14.4. The minimum absolute atomic E-state index is 0.0623. The Morgan fingerprint density at radius 2 is 1.65 bits per heavy atom. The first-order valence-corrected chi connectivity index (χ1v) is 7.27. The molecule has 0 bridgehead atoms. The number of aryl methyl sites for hydroxylation is 1. The van der Waals surface area contributed by atoms with Gasteiger partial charge in [-0.1, -0.05) is 55.8 Å². The van der Waals surface area contributed by atoms with E-state index in [1.165, 1.54) is 5.56 Å². The monoisotopic (exact) mass is 269 g/mol. The third-order valence-corrected chi connectivity index (χ3v) is 3.33. The van der Waals surface area contributed by atoms with Gasteiger partial charge < -0.3 is 10.5 Å². The maximum absolute atomic E-state index is 6.07. The Morgan fingerprint density at radius 3 is 2.20 bits per heavy atom. The van der Waals surface area contributed by atoms with E-state index in [0.717, 1.165) is 24.2 Å². The normalized spacial score (nSPS) is 13.8. The molecular formula is C18H23NO. The Kier molecular flexibility index (Phi) is 5.19. The second-order valence-corrected chi connectivity index (χ2v) is 5.20. The Labute approximate surface area is 121 Å². The quantitative estimate of drug-likeness (QED) is 0.856. The SMILES string of the molecule is CCCc1ccc(OC(c2ccccc2)C(C)N)cc1. The Hall–Kier alpha value is -1.80. The molecule has 0 aliphatic rings. The summed E-state index contributed by atoms with van der Waals surface area (Å²) < 4.78 is 6.07. The molecule has 2 N–H and O–H groups in total. The van der Waals surface area contributed by atoms with Crippen LogP contribution in [0.1, 0.15) is 37.5 Å². The molecule has 0 fully saturated rings. The summed E-state index contributed by atoms with van der Waals surface area (Å²) in [6.45, 7) is 4.16. The summed E-state index contributed by atoms with van der Waals surface area (Å²) in [4.78, 5) is 0. The standard InChI is InChI=1S/C18H23NO/c1-3-7-15-10-12-17(13-11-15)20-18(14(2)19)16-8-5-4-6-9-16/h4-6,8-14,18H,3,7,19H2,1-2H3. The summed E-state index contributed by atoms with van der Waals surface area (Å²) in [5.74, 6) is 0.871. The summed E-state index contributed by atoms with van der Waals surface area (Å²) in [5.41, 5.74) is 8.52. The van der Waals surface area contributed by atoms with Gasteiger partial charge in [0.2, 0.25) is 0 Å². The molecule has 0 spiro atoms. The molecule has 2 rings (SSSR count). The van der Waals surface area contributed by atoms with Crippen LogP contribution >= 0.6 is 0 Å². The molecule has 0 saturated heterocycles. The number of hydrogen-bond donors (Lipinski definition) is 1. The molecule has 2 heteroatoms. The first-order valence-electron chi connectivity index (χ1n) is 7.27. The summed E-state index contributed by atoms with van der Waals surface area (Å²) >= 11 is 0. The van der Waals surface area contributed by atoms with Crippen LogP contribution in [0.25, 0.3) is 0 Å². The molecule has 20 heavy (non-hydrogen) atoms. The first-order chi connectivity index (χ1) is 9.70. The number of nitrogens with two attached hydrogens (primary N) is 1. The van der Waals surface area contributed by atoms with Crippen molar-refractivity contribution in [1.82, 2.24) is 0 Å². The van der Waals surface area contributed by atoms with Gasteiger partial charge in [-0.15, -0.1) is 0 Å². The van der Waals surface area contributed by atoms with E-state index >= 15 is 0 Å². The van der Waals surface area contributed by atoms with Gasteiger partial charge in [0.05, 0.1) is 0 Å². The highest BCUT2D eigenvalue weighted by Gasteiger charge is 2.17. The number of hydrogen-bond acceptors (Lipinski definition) is 2. The molecule has 0 aromatic heterocycles. The molecule has 0 aliphatic heterocycles. The average Bonchev–Trinajstić information content (AvgIpc) is 2.47. The zero-order valence-electron chi connectivity index (χ0n) is 12.3. The zero-order valence-corrected chi connectivity index (χ0v) is 12.3. The van der Waals surface area contributed by atoms with Gasteiger partial charge >= 0.3 is 0 Å². The van der Waals surface area contributed by atoms with Crippen LogP contribution < -0.4 is 10.5 Å². The highest BCUT2D eigenvalue weighted by atomic mass is 16.5. The highest BCUT2D eigenvalue weighted by Crippen LogP contribution is 2.24. The molecule has 0 saturated carbocycles. The van der Waals surface area contributed by atoms with Crippen LogP contribution in [0.5, 0.6) is 5.75 Å². The summed E-state index contributed by atoms with van der Waals surface area (Å²) in [6.07, 6.45) is 2.15. The lowest BCUT2D eigenvalue weighted by molar-refractivity contribution is 0.180. The largest absolute Gasteiger partial charge is 0.484 e. The lowest BCUT2D eigenvalue weighted by atomic mass is 10.0. The predicted octanol–water partition coefficient (Wildman–Crippen LogP) is 4.11. The third kappa shape index (κ3) is 3.84. The second kappa shape index (κ2) is 7.11. The van der Waals surface area contributed by atoms with E-state index in [0.29, 0.717) is 0 Å². The third-order valence-electron chi connectivity index (χ3n) is 3.33. The molecular weight excluding hydrogens is 246 g/mol. The molecule has 0 amide bonds. The lowest BCUT2D eigenvalue weighted by Gasteiger charge is -2.23. The Balaban J connectivity index is 2.12. The van der Waals surface area contributed by atoms with Crippen molar-refractivity contribution in [3.8, 4) is 5.75 Å². The minimum Gasteiger partial charge on any atom is -0.484 e. The van der Waals surface area contributed by atoms with E-state index in [1.807, 2.05) is 37.3 Å². The summed E-state index contributed by atoms with van der Waals surface area (Å²) in [7, 11) is 0. The molecule has 2 unspecified atom stereocenters. The van der Waals surface area contributed by atoms with Crippen LogP contribution in [0.15, 0.2) is 54.6 Å². The van der Waals surface area contributed by atoms with Crippen molar-refractivity contribution >= 4 is 0 Å². The molecule has 0 radical (unpaired) electrons. The van der Waals surface area contributed by atoms with Crippen molar-refractivity contribution in [3.63, 3.8) is 0 Å². The predicted molar refractivity (Wildman–Crippen MR) is 83.9 cm³/mol. The molecule has 106 valence electrons. The maximum atomic E-state index is 6.07. The molecule has 2 nitrogen and oxygen atoms in total. The smallest absolute Gasteiger partial charge is 0.138 e. The van der Waals surface area contributed by atoms with Gasteiger partial charge in [-0.2, -0.15) is 0 Å². The minimum atomic E-state index is -0.117.